The third-order valence-corrected chi connectivity index (χ3v) is 5.50. The molecule has 1 aromatic rings. The highest BCUT2D eigenvalue weighted by Crippen LogP contribution is 2.31. The van der Waals surface area contributed by atoms with Crippen molar-refractivity contribution in [3.63, 3.8) is 0 Å². The van der Waals surface area contributed by atoms with Gasteiger partial charge in [0.1, 0.15) is 0 Å². The first-order chi connectivity index (χ1) is 8.65. The first-order valence-corrected chi connectivity index (χ1v) is 7.93. The topological polar surface area (TPSA) is 41.5 Å². The molecule has 1 aromatic heterocycles. The molecular formula is C13H20BrNO2S. The average Bonchev–Trinajstić information content (AvgIpc) is 2.84. The maximum Gasteiger partial charge on any atom is 0.0701 e. The Bertz CT molecular complexity index is 377. The lowest BCUT2D eigenvalue weighted by atomic mass is 9.81. The van der Waals surface area contributed by atoms with Gasteiger partial charge in [0.25, 0.3) is 0 Å². The van der Waals surface area contributed by atoms with Crippen molar-refractivity contribution in [2.45, 2.75) is 25.8 Å². The zero-order chi connectivity index (χ0) is 13.0. The minimum atomic E-state index is 0.000994. The van der Waals surface area contributed by atoms with E-state index >= 15 is 0 Å². The average molecular weight is 334 g/mol. The second-order valence-corrected chi connectivity index (χ2v) is 7.51. The van der Waals surface area contributed by atoms with Gasteiger partial charge in [-0.25, -0.2) is 0 Å². The summed E-state index contributed by atoms with van der Waals surface area (Å²) in [6, 6.07) is 4.55. The molecule has 3 nitrogen and oxygen atoms in total. The van der Waals surface area contributed by atoms with Crippen LogP contribution < -0.4 is 5.32 Å². The highest BCUT2D eigenvalue weighted by atomic mass is 79.9. The van der Waals surface area contributed by atoms with Crippen LogP contribution in [0.4, 0.5) is 0 Å². The minimum Gasteiger partial charge on any atom is -0.396 e. The number of nitrogens with one attached hydrogen (secondary N) is 1. The molecule has 0 aliphatic carbocycles. The van der Waals surface area contributed by atoms with Gasteiger partial charge in [-0.2, -0.15) is 0 Å². The first-order valence-electron chi connectivity index (χ1n) is 6.32. The quantitative estimate of drug-likeness (QED) is 0.870. The highest BCUT2D eigenvalue weighted by Gasteiger charge is 2.32. The van der Waals surface area contributed by atoms with Crippen LogP contribution in [0.2, 0.25) is 0 Å². The molecule has 1 aliphatic heterocycles. The van der Waals surface area contributed by atoms with Gasteiger partial charge in [-0.05, 0) is 47.8 Å². The largest absolute Gasteiger partial charge is 0.396 e. The zero-order valence-electron chi connectivity index (χ0n) is 10.6. The van der Waals surface area contributed by atoms with Gasteiger partial charge in [-0.3, -0.25) is 0 Å². The summed E-state index contributed by atoms with van der Waals surface area (Å²) in [5.41, 5.74) is 0.000994. The van der Waals surface area contributed by atoms with Crippen LogP contribution in [-0.4, -0.2) is 31.5 Å². The molecule has 2 rings (SSSR count). The molecule has 1 atom stereocenters. The normalized spacial score (nSPS) is 20.8. The molecule has 5 heteroatoms. The van der Waals surface area contributed by atoms with E-state index < -0.39 is 0 Å². The smallest absolute Gasteiger partial charge is 0.0701 e. The Morgan fingerprint density at radius 1 is 1.50 bits per heavy atom. The standard InChI is InChI=1S/C13H20BrNO2S/c1-10(11-2-3-12(14)18-11)15-8-13(9-16)4-6-17-7-5-13/h2-3,10,15-16H,4-9H2,1H3. The SMILES string of the molecule is CC(NCC1(CO)CCOCC1)c1ccc(Br)s1. The van der Waals surface area contributed by atoms with E-state index in [4.69, 9.17) is 4.74 Å². The van der Waals surface area contributed by atoms with Gasteiger partial charge in [0.15, 0.2) is 0 Å². The summed E-state index contributed by atoms with van der Waals surface area (Å²) in [6.45, 7) is 4.79. The summed E-state index contributed by atoms with van der Waals surface area (Å²) >= 11 is 5.24. The fourth-order valence-electron chi connectivity index (χ4n) is 2.23. The molecular weight excluding hydrogens is 314 g/mol. The Kier molecular flexibility index (Phi) is 5.21. The summed E-state index contributed by atoms with van der Waals surface area (Å²) in [4.78, 5) is 1.32. The van der Waals surface area contributed by atoms with Crippen LogP contribution in [-0.2, 0) is 4.74 Å². The molecule has 0 radical (unpaired) electrons. The van der Waals surface area contributed by atoms with Crippen molar-refractivity contribution < 1.29 is 9.84 Å². The fraction of sp³-hybridized carbons (Fsp3) is 0.692. The molecule has 2 heterocycles. The number of halogens is 1. The lowest BCUT2D eigenvalue weighted by molar-refractivity contribution is -0.0163. The fourth-order valence-corrected chi connectivity index (χ4v) is 3.68. The molecule has 1 unspecified atom stereocenters. The third-order valence-electron chi connectivity index (χ3n) is 3.69. The van der Waals surface area contributed by atoms with Crippen molar-refractivity contribution >= 4 is 27.3 Å². The first kappa shape index (κ1) is 14.5. The van der Waals surface area contributed by atoms with Crippen LogP contribution >= 0.6 is 27.3 Å². The molecule has 1 saturated heterocycles. The second-order valence-electron chi connectivity index (χ2n) is 5.01. The Labute approximate surface area is 121 Å². The molecule has 0 saturated carbocycles. The van der Waals surface area contributed by atoms with Gasteiger partial charge in [0.2, 0.25) is 0 Å². The number of hydrogen-bond donors (Lipinski definition) is 2. The summed E-state index contributed by atoms with van der Waals surface area (Å²) in [5, 5.41) is 13.2. The second kappa shape index (κ2) is 6.48. The number of ether oxygens (including phenoxy) is 1. The number of thiophene rings is 1. The predicted octanol–water partition coefficient (Wildman–Crippen LogP) is 2.95. The number of rotatable bonds is 5. The summed E-state index contributed by atoms with van der Waals surface area (Å²) < 4.78 is 6.54. The number of aliphatic hydroxyl groups is 1. The van der Waals surface area contributed by atoms with Crippen LogP contribution in [0, 0.1) is 5.41 Å². The molecule has 0 spiro atoms. The van der Waals surface area contributed by atoms with E-state index in [2.05, 4.69) is 40.3 Å². The van der Waals surface area contributed by atoms with Gasteiger partial charge < -0.3 is 15.2 Å². The van der Waals surface area contributed by atoms with Crippen LogP contribution in [0.1, 0.15) is 30.7 Å². The Morgan fingerprint density at radius 2 is 2.22 bits per heavy atom. The van der Waals surface area contributed by atoms with E-state index in [0.29, 0.717) is 6.04 Å². The molecule has 0 aromatic carbocycles. The molecule has 1 fully saturated rings. The van der Waals surface area contributed by atoms with E-state index in [1.165, 1.54) is 4.88 Å². The van der Waals surface area contributed by atoms with E-state index in [-0.39, 0.29) is 12.0 Å². The van der Waals surface area contributed by atoms with E-state index in [1.54, 1.807) is 11.3 Å². The van der Waals surface area contributed by atoms with Crippen LogP contribution in [0.25, 0.3) is 0 Å². The summed E-state index contributed by atoms with van der Waals surface area (Å²) in [6.07, 6.45) is 1.88. The number of hydrogen-bond acceptors (Lipinski definition) is 4. The van der Waals surface area contributed by atoms with Crippen molar-refractivity contribution in [2.75, 3.05) is 26.4 Å². The molecule has 0 amide bonds. The van der Waals surface area contributed by atoms with Gasteiger partial charge in [-0.1, -0.05) is 0 Å². The highest BCUT2D eigenvalue weighted by molar-refractivity contribution is 9.11. The van der Waals surface area contributed by atoms with Gasteiger partial charge >= 0.3 is 0 Å². The minimum absolute atomic E-state index is 0.000994. The molecule has 1 aliphatic rings. The van der Waals surface area contributed by atoms with Gasteiger partial charge in [0, 0.05) is 36.1 Å². The van der Waals surface area contributed by atoms with Gasteiger partial charge in [-0.15, -0.1) is 11.3 Å². The Balaban J connectivity index is 1.89. The predicted molar refractivity (Wildman–Crippen MR) is 78.0 cm³/mol. The van der Waals surface area contributed by atoms with E-state index in [1.807, 2.05) is 0 Å². The maximum absolute atomic E-state index is 9.63. The Morgan fingerprint density at radius 3 is 2.78 bits per heavy atom. The van der Waals surface area contributed by atoms with Crippen molar-refractivity contribution in [3.8, 4) is 0 Å². The van der Waals surface area contributed by atoms with Crippen molar-refractivity contribution in [2.24, 2.45) is 5.41 Å². The van der Waals surface area contributed by atoms with E-state index in [0.717, 1.165) is 36.4 Å². The maximum atomic E-state index is 9.63. The van der Waals surface area contributed by atoms with Crippen molar-refractivity contribution in [3.05, 3.63) is 20.8 Å². The van der Waals surface area contributed by atoms with Crippen molar-refractivity contribution in [1.29, 1.82) is 0 Å². The zero-order valence-corrected chi connectivity index (χ0v) is 13.0. The molecule has 102 valence electrons. The number of aliphatic hydroxyl groups excluding tert-OH is 1. The molecule has 18 heavy (non-hydrogen) atoms. The van der Waals surface area contributed by atoms with Crippen LogP contribution in [0.15, 0.2) is 15.9 Å². The van der Waals surface area contributed by atoms with Gasteiger partial charge in [0.05, 0.1) is 10.4 Å². The lowest BCUT2D eigenvalue weighted by Crippen LogP contribution is -2.42. The van der Waals surface area contributed by atoms with Crippen LogP contribution in [0.5, 0.6) is 0 Å². The van der Waals surface area contributed by atoms with Crippen LogP contribution in [0.3, 0.4) is 0 Å². The molecule has 2 N–H and O–H groups in total. The lowest BCUT2D eigenvalue weighted by Gasteiger charge is -2.36. The monoisotopic (exact) mass is 333 g/mol. The van der Waals surface area contributed by atoms with E-state index in [9.17, 15) is 5.11 Å². The summed E-state index contributed by atoms with van der Waals surface area (Å²) in [7, 11) is 0. The van der Waals surface area contributed by atoms with Crippen molar-refractivity contribution in [1.82, 2.24) is 5.32 Å². The molecule has 0 bridgehead atoms. The summed E-state index contributed by atoms with van der Waals surface area (Å²) in [5.74, 6) is 0. The Hall–Kier alpha value is 0.0600. The third kappa shape index (κ3) is 3.54.